The number of pyridine rings is 1. The summed E-state index contributed by atoms with van der Waals surface area (Å²) in [5.74, 6) is -0.870. The third kappa shape index (κ3) is 4.59. The third-order valence-corrected chi connectivity index (χ3v) is 3.27. The van der Waals surface area contributed by atoms with Gasteiger partial charge >= 0.3 is 6.18 Å². The molecule has 8 heteroatoms. The molecule has 0 aliphatic carbocycles. The van der Waals surface area contributed by atoms with Crippen LogP contribution in [0.3, 0.4) is 0 Å². The monoisotopic (exact) mass is 318 g/mol. The predicted octanol–water partition coefficient (Wildman–Crippen LogP) is 2.32. The lowest BCUT2D eigenvalue weighted by Crippen LogP contribution is -2.41. The molecule has 0 saturated carbocycles. The lowest BCUT2D eigenvalue weighted by molar-refractivity contribution is -0.154. The summed E-state index contributed by atoms with van der Waals surface area (Å²) < 4.78 is 46.7. The van der Waals surface area contributed by atoms with Gasteiger partial charge in [-0.2, -0.15) is 13.2 Å². The van der Waals surface area contributed by atoms with Crippen molar-refractivity contribution in [2.24, 2.45) is 0 Å². The number of rotatable bonds is 5. The van der Waals surface area contributed by atoms with E-state index in [1.54, 1.807) is 6.92 Å². The molecule has 2 heterocycles. The van der Waals surface area contributed by atoms with E-state index >= 15 is 0 Å². The van der Waals surface area contributed by atoms with Crippen LogP contribution < -0.4 is 10.1 Å². The number of ether oxygens (including phenoxy) is 2. The largest absolute Gasteiger partial charge is 0.467 e. The van der Waals surface area contributed by atoms with E-state index in [-0.39, 0.29) is 23.6 Å². The van der Waals surface area contributed by atoms with Gasteiger partial charge in [-0.05, 0) is 31.9 Å². The Kier molecular flexibility index (Phi) is 5.23. The van der Waals surface area contributed by atoms with Crippen molar-refractivity contribution in [3.63, 3.8) is 0 Å². The summed E-state index contributed by atoms with van der Waals surface area (Å²) in [6.45, 7) is 0.948. The van der Waals surface area contributed by atoms with Gasteiger partial charge in [-0.3, -0.25) is 4.79 Å². The number of halogens is 3. The first-order chi connectivity index (χ1) is 10.4. The lowest BCUT2D eigenvalue weighted by Gasteiger charge is -2.20. The number of aromatic nitrogens is 1. The molecular weight excluding hydrogens is 301 g/mol. The molecule has 1 aromatic heterocycles. The zero-order valence-electron chi connectivity index (χ0n) is 12.0. The van der Waals surface area contributed by atoms with Crippen molar-refractivity contribution in [2.45, 2.75) is 38.1 Å². The second-order valence-electron chi connectivity index (χ2n) is 5.07. The van der Waals surface area contributed by atoms with Gasteiger partial charge in [0.05, 0.1) is 12.1 Å². The normalized spacial score (nSPS) is 19.7. The number of carbonyl (C=O) groups is 1. The fourth-order valence-corrected chi connectivity index (χ4v) is 2.20. The summed E-state index contributed by atoms with van der Waals surface area (Å²) in [6, 6.07) is 2.59. The van der Waals surface area contributed by atoms with E-state index in [4.69, 9.17) is 4.74 Å². The van der Waals surface area contributed by atoms with Crippen molar-refractivity contribution in [3.05, 3.63) is 23.9 Å². The first-order valence-electron chi connectivity index (χ1n) is 6.94. The zero-order chi connectivity index (χ0) is 16.2. The highest BCUT2D eigenvalue weighted by molar-refractivity contribution is 5.96. The fourth-order valence-electron chi connectivity index (χ4n) is 2.20. The number of alkyl halides is 3. The Balaban J connectivity index is 2.02. The molecule has 0 unspecified atom stereocenters. The van der Waals surface area contributed by atoms with E-state index in [0.29, 0.717) is 6.61 Å². The van der Waals surface area contributed by atoms with Gasteiger partial charge in [0, 0.05) is 12.8 Å². The minimum atomic E-state index is -4.49. The molecule has 0 bridgehead atoms. The Labute approximate surface area is 125 Å². The van der Waals surface area contributed by atoms with Gasteiger partial charge in [-0.15, -0.1) is 0 Å². The Morgan fingerprint density at radius 3 is 3.00 bits per heavy atom. The van der Waals surface area contributed by atoms with E-state index < -0.39 is 18.7 Å². The minimum Gasteiger partial charge on any atom is -0.467 e. The maximum Gasteiger partial charge on any atom is 0.422 e. The summed E-state index contributed by atoms with van der Waals surface area (Å²) in [5, 5.41) is 2.71. The van der Waals surface area contributed by atoms with Crippen molar-refractivity contribution >= 4 is 5.91 Å². The summed E-state index contributed by atoms with van der Waals surface area (Å²) >= 11 is 0. The molecule has 1 amide bonds. The van der Waals surface area contributed by atoms with Crippen LogP contribution in [0.25, 0.3) is 0 Å². The smallest absolute Gasteiger partial charge is 0.422 e. The molecule has 122 valence electrons. The molecule has 1 fully saturated rings. The van der Waals surface area contributed by atoms with E-state index in [1.807, 2.05) is 0 Å². The first-order valence-corrected chi connectivity index (χ1v) is 6.94. The van der Waals surface area contributed by atoms with Crippen LogP contribution in [0.4, 0.5) is 13.2 Å². The molecule has 1 aliphatic rings. The van der Waals surface area contributed by atoms with Gasteiger partial charge in [-0.1, -0.05) is 0 Å². The Morgan fingerprint density at radius 2 is 2.36 bits per heavy atom. The number of nitrogens with one attached hydrogen (secondary N) is 1. The average Bonchev–Trinajstić information content (AvgIpc) is 2.99. The molecule has 22 heavy (non-hydrogen) atoms. The van der Waals surface area contributed by atoms with Gasteiger partial charge in [-0.25, -0.2) is 4.98 Å². The third-order valence-electron chi connectivity index (χ3n) is 3.27. The lowest BCUT2D eigenvalue weighted by atomic mass is 10.1. The summed E-state index contributed by atoms with van der Waals surface area (Å²) in [5.41, 5.74) is -0.0309. The molecule has 5 nitrogen and oxygen atoms in total. The van der Waals surface area contributed by atoms with Gasteiger partial charge in [0.15, 0.2) is 6.61 Å². The van der Waals surface area contributed by atoms with Crippen molar-refractivity contribution in [1.29, 1.82) is 0 Å². The number of hydrogen-bond donors (Lipinski definition) is 1. The van der Waals surface area contributed by atoms with Crippen molar-refractivity contribution in [2.75, 3.05) is 13.2 Å². The highest BCUT2D eigenvalue weighted by Crippen LogP contribution is 2.21. The van der Waals surface area contributed by atoms with Crippen LogP contribution in [0, 0.1) is 0 Å². The molecule has 1 N–H and O–H groups in total. The van der Waals surface area contributed by atoms with Gasteiger partial charge in [0.1, 0.15) is 5.56 Å². The maximum absolute atomic E-state index is 12.2. The highest BCUT2D eigenvalue weighted by atomic mass is 19.4. The Bertz CT molecular complexity index is 516. The SMILES string of the molecule is C[C@@H](NC(=O)c1cccnc1OCC(F)(F)F)[C@H]1CCCO1. The Hall–Kier alpha value is -1.83. The summed E-state index contributed by atoms with van der Waals surface area (Å²) in [6.07, 6.45) is -1.54. The minimum absolute atomic E-state index is 0.0309. The summed E-state index contributed by atoms with van der Waals surface area (Å²) in [4.78, 5) is 15.9. The highest BCUT2D eigenvalue weighted by Gasteiger charge is 2.30. The number of carbonyl (C=O) groups excluding carboxylic acids is 1. The summed E-state index contributed by atoms with van der Waals surface area (Å²) in [7, 11) is 0. The van der Waals surface area contributed by atoms with Crippen molar-refractivity contribution < 1.29 is 27.4 Å². The van der Waals surface area contributed by atoms with Gasteiger partial charge < -0.3 is 14.8 Å². The standard InChI is InChI=1S/C14H17F3N2O3/c1-9(11-5-3-7-21-11)19-12(20)10-4-2-6-18-13(10)22-8-14(15,16)17/h2,4,6,9,11H,3,5,7-8H2,1H3,(H,19,20)/t9-,11-/m1/s1. The molecule has 1 aliphatic heterocycles. The van der Waals surface area contributed by atoms with E-state index in [1.165, 1.54) is 18.3 Å². The van der Waals surface area contributed by atoms with Crippen molar-refractivity contribution in [3.8, 4) is 5.88 Å². The van der Waals surface area contributed by atoms with Crippen LogP contribution in [0.2, 0.25) is 0 Å². The fraction of sp³-hybridized carbons (Fsp3) is 0.571. The molecule has 0 aromatic carbocycles. The van der Waals surface area contributed by atoms with Crippen LogP contribution in [-0.2, 0) is 4.74 Å². The quantitative estimate of drug-likeness (QED) is 0.905. The topological polar surface area (TPSA) is 60.5 Å². The van der Waals surface area contributed by atoms with Crippen LogP contribution in [0.15, 0.2) is 18.3 Å². The van der Waals surface area contributed by atoms with Crippen LogP contribution in [0.5, 0.6) is 5.88 Å². The second-order valence-corrected chi connectivity index (χ2v) is 5.07. The maximum atomic E-state index is 12.2. The molecule has 0 spiro atoms. The zero-order valence-corrected chi connectivity index (χ0v) is 12.0. The second kappa shape index (κ2) is 6.95. The number of hydrogen-bond acceptors (Lipinski definition) is 4. The predicted molar refractivity (Wildman–Crippen MR) is 71.7 cm³/mol. The van der Waals surface area contributed by atoms with Crippen LogP contribution >= 0.6 is 0 Å². The van der Waals surface area contributed by atoms with Crippen LogP contribution in [-0.4, -0.2) is 42.4 Å². The van der Waals surface area contributed by atoms with Crippen molar-refractivity contribution in [1.82, 2.24) is 10.3 Å². The van der Waals surface area contributed by atoms with Crippen LogP contribution in [0.1, 0.15) is 30.1 Å². The number of nitrogens with zero attached hydrogens (tertiary/aromatic N) is 1. The molecule has 1 saturated heterocycles. The van der Waals surface area contributed by atoms with E-state index in [2.05, 4.69) is 15.0 Å². The number of amides is 1. The molecule has 1 aromatic rings. The molecule has 0 radical (unpaired) electrons. The molecule has 2 atom stereocenters. The first kappa shape index (κ1) is 16.5. The molecule has 2 rings (SSSR count). The molecular formula is C14H17F3N2O3. The van der Waals surface area contributed by atoms with Gasteiger partial charge in [0.2, 0.25) is 5.88 Å². The van der Waals surface area contributed by atoms with E-state index in [9.17, 15) is 18.0 Å². The van der Waals surface area contributed by atoms with Gasteiger partial charge in [0.25, 0.3) is 5.91 Å². The van der Waals surface area contributed by atoms with E-state index in [0.717, 1.165) is 12.8 Å². The average molecular weight is 318 g/mol. The Morgan fingerprint density at radius 1 is 1.59 bits per heavy atom.